The Morgan fingerprint density at radius 3 is 2.47 bits per heavy atom. The van der Waals surface area contributed by atoms with E-state index in [0.717, 1.165) is 16.9 Å². The van der Waals surface area contributed by atoms with E-state index in [-0.39, 0.29) is 1.43 Å². The predicted molar refractivity (Wildman–Crippen MR) is 66.4 cm³/mol. The molecule has 2 aromatic rings. The van der Waals surface area contributed by atoms with Crippen molar-refractivity contribution in [1.29, 1.82) is 0 Å². The molecule has 2 nitrogen and oxygen atoms in total. The number of nitrogens with zero attached hydrogens (tertiary/aromatic N) is 1. The molecule has 1 heterocycles. The van der Waals surface area contributed by atoms with E-state index in [0.29, 0.717) is 11.8 Å². The largest absolute Gasteiger partial charge is 0.342 e. The molecular weight excluding hydrogens is 184 g/mol. The minimum atomic E-state index is 0. The molecule has 0 saturated carbocycles. The zero-order chi connectivity index (χ0) is 11.0. The molecule has 1 aromatic carbocycles. The summed E-state index contributed by atoms with van der Waals surface area (Å²) in [6, 6.07) is 6.48. The van der Waals surface area contributed by atoms with Gasteiger partial charge in [-0.15, -0.1) is 0 Å². The van der Waals surface area contributed by atoms with Crippen molar-refractivity contribution in [3.63, 3.8) is 0 Å². The summed E-state index contributed by atoms with van der Waals surface area (Å²) in [6.45, 7) is 8.73. The summed E-state index contributed by atoms with van der Waals surface area (Å²) in [5, 5.41) is 0. The second kappa shape index (κ2) is 3.69. The molecule has 0 amide bonds. The van der Waals surface area contributed by atoms with Crippen LogP contribution < -0.4 is 0 Å². The summed E-state index contributed by atoms with van der Waals surface area (Å²) in [7, 11) is 0. The van der Waals surface area contributed by atoms with Crippen LogP contribution in [-0.2, 0) is 0 Å². The molecule has 0 aliphatic rings. The predicted octanol–water partition coefficient (Wildman–Crippen LogP) is 4.06. The lowest BCUT2D eigenvalue weighted by Gasteiger charge is -2.03. The van der Waals surface area contributed by atoms with Crippen LogP contribution in [0.1, 0.15) is 52.3 Å². The molecule has 0 bridgehead atoms. The Morgan fingerprint density at radius 2 is 1.87 bits per heavy atom. The maximum absolute atomic E-state index is 4.56. The van der Waals surface area contributed by atoms with Crippen LogP contribution in [0.15, 0.2) is 18.2 Å². The van der Waals surface area contributed by atoms with E-state index >= 15 is 0 Å². The van der Waals surface area contributed by atoms with Crippen molar-refractivity contribution in [1.82, 2.24) is 9.97 Å². The summed E-state index contributed by atoms with van der Waals surface area (Å²) in [5.41, 5.74) is 3.59. The molecule has 0 unspecified atom stereocenters. The Bertz CT molecular complexity index is 466. The summed E-state index contributed by atoms with van der Waals surface area (Å²) in [4.78, 5) is 7.94. The maximum atomic E-state index is 4.56. The molecule has 0 radical (unpaired) electrons. The van der Waals surface area contributed by atoms with Crippen LogP contribution in [0.4, 0.5) is 0 Å². The molecule has 0 saturated heterocycles. The van der Waals surface area contributed by atoms with Crippen molar-refractivity contribution in [2.75, 3.05) is 0 Å². The molecule has 2 heteroatoms. The fourth-order valence-corrected chi connectivity index (χ4v) is 1.68. The standard InChI is InChI=1S/C13H18N2.H2/c1-8(2)10-5-6-11-12(7-10)15-13(14-11)9(3)4;/h5-9H,1-4H3,(H,14,15);1H. The molecule has 15 heavy (non-hydrogen) atoms. The topological polar surface area (TPSA) is 28.7 Å². The average Bonchev–Trinajstić information content (AvgIpc) is 2.59. The third kappa shape index (κ3) is 1.89. The van der Waals surface area contributed by atoms with Crippen LogP contribution in [0.2, 0.25) is 0 Å². The average molecular weight is 204 g/mol. The van der Waals surface area contributed by atoms with Gasteiger partial charge in [0.25, 0.3) is 0 Å². The van der Waals surface area contributed by atoms with Crippen molar-refractivity contribution < 1.29 is 1.43 Å². The van der Waals surface area contributed by atoms with Crippen molar-refractivity contribution in [3.05, 3.63) is 29.6 Å². The lowest BCUT2D eigenvalue weighted by atomic mass is 10.0. The molecular formula is C13H20N2. The maximum Gasteiger partial charge on any atom is 0.109 e. The van der Waals surface area contributed by atoms with E-state index in [9.17, 15) is 0 Å². The second-order valence-corrected chi connectivity index (χ2v) is 4.71. The van der Waals surface area contributed by atoms with Crippen LogP contribution in [0.3, 0.4) is 0 Å². The van der Waals surface area contributed by atoms with Gasteiger partial charge in [-0.3, -0.25) is 0 Å². The minimum absolute atomic E-state index is 0. The van der Waals surface area contributed by atoms with E-state index in [1.165, 1.54) is 5.56 Å². The molecule has 0 spiro atoms. The fraction of sp³-hybridized carbons (Fsp3) is 0.462. The number of fused-ring (bicyclic) bond motifs is 1. The van der Waals surface area contributed by atoms with Crippen LogP contribution in [-0.4, -0.2) is 9.97 Å². The highest BCUT2D eigenvalue weighted by Gasteiger charge is 2.07. The Labute approximate surface area is 92.2 Å². The zero-order valence-electron chi connectivity index (χ0n) is 9.83. The first-order chi connectivity index (χ1) is 7.08. The van der Waals surface area contributed by atoms with Gasteiger partial charge in [-0.2, -0.15) is 0 Å². The first-order valence-electron chi connectivity index (χ1n) is 5.57. The van der Waals surface area contributed by atoms with E-state index in [4.69, 9.17) is 0 Å². The van der Waals surface area contributed by atoms with Crippen molar-refractivity contribution in [2.24, 2.45) is 0 Å². The Hall–Kier alpha value is -1.31. The minimum Gasteiger partial charge on any atom is -0.342 e. The third-order valence-electron chi connectivity index (χ3n) is 2.74. The van der Waals surface area contributed by atoms with E-state index in [2.05, 4.69) is 55.9 Å². The highest BCUT2D eigenvalue weighted by molar-refractivity contribution is 5.76. The summed E-state index contributed by atoms with van der Waals surface area (Å²) in [5.74, 6) is 2.10. The Balaban J connectivity index is 0.00000128. The van der Waals surface area contributed by atoms with Crippen LogP contribution in [0.5, 0.6) is 0 Å². The highest BCUT2D eigenvalue weighted by atomic mass is 14.9. The van der Waals surface area contributed by atoms with Crippen LogP contribution in [0, 0.1) is 0 Å². The van der Waals surface area contributed by atoms with Gasteiger partial charge in [0, 0.05) is 7.34 Å². The van der Waals surface area contributed by atoms with Crippen molar-refractivity contribution in [3.8, 4) is 0 Å². The number of benzene rings is 1. The highest BCUT2D eigenvalue weighted by Crippen LogP contribution is 2.21. The molecule has 0 aliphatic heterocycles. The lowest BCUT2D eigenvalue weighted by molar-refractivity contribution is 0.799. The summed E-state index contributed by atoms with van der Waals surface area (Å²) >= 11 is 0. The van der Waals surface area contributed by atoms with Gasteiger partial charge in [0.1, 0.15) is 5.82 Å². The second-order valence-electron chi connectivity index (χ2n) is 4.71. The molecule has 1 aromatic heterocycles. The van der Waals surface area contributed by atoms with Gasteiger partial charge in [-0.05, 0) is 23.6 Å². The van der Waals surface area contributed by atoms with Crippen LogP contribution >= 0.6 is 0 Å². The Morgan fingerprint density at radius 1 is 1.13 bits per heavy atom. The van der Waals surface area contributed by atoms with E-state index < -0.39 is 0 Å². The number of imidazole rings is 1. The number of aromatic amines is 1. The number of rotatable bonds is 2. The summed E-state index contributed by atoms with van der Waals surface area (Å²) in [6.07, 6.45) is 0. The van der Waals surface area contributed by atoms with Gasteiger partial charge in [0.2, 0.25) is 0 Å². The number of aromatic nitrogens is 2. The number of hydrogen-bond donors (Lipinski definition) is 1. The first kappa shape index (κ1) is 10.2. The molecule has 0 aliphatic carbocycles. The van der Waals surface area contributed by atoms with Crippen LogP contribution in [0.25, 0.3) is 11.0 Å². The van der Waals surface area contributed by atoms with Gasteiger partial charge in [-0.1, -0.05) is 33.8 Å². The molecule has 0 atom stereocenters. The molecule has 1 N–H and O–H groups in total. The smallest absolute Gasteiger partial charge is 0.109 e. The lowest BCUT2D eigenvalue weighted by Crippen LogP contribution is -1.88. The van der Waals surface area contributed by atoms with Gasteiger partial charge < -0.3 is 4.98 Å². The number of nitrogens with one attached hydrogen (secondary N) is 1. The number of H-pyrrole nitrogens is 1. The van der Waals surface area contributed by atoms with Crippen molar-refractivity contribution >= 4 is 11.0 Å². The molecule has 2 rings (SSSR count). The normalized spacial score (nSPS) is 11.9. The SMILES string of the molecule is CC(C)c1ccc2nc(C(C)C)[nH]c2c1.[HH]. The quantitative estimate of drug-likeness (QED) is 0.785. The van der Waals surface area contributed by atoms with Gasteiger partial charge in [-0.25, -0.2) is 4.98 Å². The monoisotopic (exact) mass is 204 g/mol. The van der Waals surface area contributed by atoms with Gasteiger partial charge in [0.05, 0.1) is 11.0 Å². The van der Waals surface area contributed by atoms with E-state index in [1.807, 2.05) is 0 Å². The first-order valence-corrected chi connectivity index (χ1v) is 5.57. The summed E-state index contributed by atoms with van der Waals surface area (Å²) < 4.78 is 0. The van der Waals surface area contributed by atoms with E-state index in [1.54, 1.807) is 0 Å². The number of hydrogen-bond acceptors (Lipinski definition) is 1. The third-order valence-corrected chi connectivity index (χ3v) is 2.74. The molecule has 0 fully saturated rings. The Kier molecular flexibility index (Phi) is 2.51. The van der Waals surface area contributed by atoms with Crippen molar-refractivity contribution in [2.45, 2.75) is 39.5 Å². The van der Waals surface area contributed by atoms with Gasteiger partial charge >= 0.3 is 0 Å². The van der Waals surface area contributed by atoms with Gasteiger partial charge in [0.15, 0.2) is 0 Å². The fourth-order valence-electron chi connectivity index (χ4n) is 1.68. The molecule has 82 valence electrons. The zero-order valence-corrected chi connectivity index (χ0v) is 9.83.